The molecule has 4 aliphatic rings. The van der Waals surface area contributed by atoms with Gasteiger partial charge in [-0.3, -0.25) is 9.59 Å². The van der Waals surface area contributed by atoms with Crippen LogP contribution in [0.25, 0.3) is 0 Å². The number of carbonyl (C=O) groups excluding carboxylic acids is 3. The predicted molar refractivity (Wildman–Crippen MR) is 98.5 cm³/mol. The number of ether oxygens (including phenoxy) is 2. The van der Waals surface area contributed by atoms with Gasteiger partial charge in [0.2, 0.25) is 0 Å². The third-order valence-electron chi connectivity index (χ3n) is 6.59. The summed E-state index contributed by atoms with van der Waals surface area (Å²) < 4.78 is 10.6. The summed E-state index contributed by atoms with van der Waals surface area (Å²) in [5.74, 6) is 1.97. The van der Waals surface area contributed by atoms with Gasteiger partial charge in [-0.15, -0.1) is 0 Å². The molecular formula is C22H26O5. The highest BCUT2D eigenvalue weighted by Crippen LogP contribution is 2.60. The smallest absolute Gasteiger partial charge is 0.344 e. The van der Waals surface area contributed by atoms with Crippen LogP contribution in [-0.4, -0.2) is 30.7 Å². The molecule has 0 heterocycles. The minimum absolute atomic E-state index is 0.0656. The molecule has 4 fully saturated rings. The molecule has 5 nitrogen and oxygen atoms in total. The van der Waals surface area contributed by atoms with Crippen LogP contribution in [0.2, 0.25) is 0 Å². The van der Waals surface area contributed by atoms with E-state index >= 15 is 0 Å². The summed E-state index contributed by atoms with van der Waals surface area (Å²) in [6.07, 6.45) is 6.76. The molecule has 0 unspecified atom stereocenters. The van der Waals surface area contributed by atoms with E-state index in [1.165, 1.54) is 26.2 Å². The van der Waals surface area contributed by atoms with Crippen molar-refractivity contribution >= 4 is 17.5 Å². The number of carbonyl (C=O) groups is 3. The molecular weight excluding hydrogens is 344 g/mol. The lowest BCUT2D eigenvalue weighted by atomic mass is 9.48. The Kier molecular flexibility index (Phi) is 4.79. The molecule has 5 heteroatoms. The topological polar surface area (TPSA) is 69.7 Å². The Bertz CT molecular complexity index is 730. The molecule has 1 aromatic carbocycles. The standard InChI is InChI=1S/C22H26O5/c1-14(23)18-3-2-4-19(8-18)26-13-21(25)27-12-20(24)22-9-15-5-16(10-22)7-17(6-15)11-22/h2-4,8,15-17H,5-7,9-13H2,1H3. The predicted octanol–water partition coefficient (Wildman–Crippen LogP) is 3.60. The fourth-order valence-corrected chi connectivity index (χ4v) is 5.74. The third-order valence-corrected chi connectivity index (χ3v) is 6.59. The van der Waals surface area contributed by atoms with E-state index < -0.39 is 5.97 Å². The lowest BCUT2D eigenvalue weighted by Crippen LogP contribution is -2.51. The molecule has 4 aliphatic carbocycles. The molecule has 0 spiro atoms. The van der Waals surface area contributed by atoms with E-state index in [0.717, 1.165) is 19.3 Å². The van der Waals surface area contributed by atoms with Crippen molar-refractivity contribution in [1.29, 1.82) is 0 Å². The van der Waals surface area contributed by atoms with Gasteiger partial charge in [0.25, 0.3) is 0 Å². The first-order valence-electron chi connectivity index (χ1n) is 9.86. The van der Waals surface area contributed by atoms with Gasteiger partial charge in [-0.25, -0.2) is 4.79 Å². The van der Waals surface area contributed by atoms with Crippen molar-refractivity contribution in [2.45, 2.75) is 45.4 Å². The van der Waals surface area contributed by atoms with Gasteiger partial charge in [-0.05, 0) is 75.3 Å². The Labute approximate surface area is 159 Å². The quantitative estimate of drug-likeness (QED) is 0.542. The van der Waals surface area contributed by atoms with Gasteiger partial charge in [0.15, 0.2) is 24.8 Å². The fraction of sp³-hybridized carbons (Fsp3) is 0.591. The van der Waals surface area contributed by atoms with E-state index in [-0.39, 0.29) is 30.2 Å². The monoisotopic (exact) mass is 370 g/mol. The van der Waals surface area contributed by atoms with Gasteiger partial charge in [0.1, 0.15) is 5.75 Å². The first-order valence-corrected chi connectivity index (χ1v) is 9.86. The lowest BCUT2D eigenvalue weighted by Gasteiger charge is -2.55. The highest BCUT2D eigenvalue weighted by Gasteiger charge is 2.54. The van der Waals surface area contributed by atoms with E-state index in [1.54, 1.807) is 24.3 Å². The summed E-state index contributed by atoms with van der Waals surface area (Å²) in [6, 6.07) is 6.67. The fourth-order valence-electron chi connectivity index (χ4n) is 5.74. The van der Waals surface area contributed by atoms with Crippen molar-refractivity contribution in [2.75, 3.05) is 13.2 Å². The third kappa shape index (κ3) is 3.78. The molecule has 0 saturated heterocycles. The van der Waals surface area contributed by atoms with Gasteiger partial charge in [-0.2, -0.15) is 0 Å². The Morgan fingerprint density at radius 1 is 1.00 bits per heavy atom. The van der Waals surface area contributed by atoms with Gasteiger partial charge in [0, 0.05) is 11.0 Å². The molecule has 0 aromatic heterocycles. The van der Waals surface area contributed by atoms with Gasteiger partial charge < -0.3 is 9.47 Å². The molecule has 4 bridgehead atoms. The molecule has 0 aliphatic heterocycles. The first kappa shape index (κ1) is 18.2. The molecule has 27 heavy (non-hydrogen) atoms. The second-order valence-corrected chi connectivity index (χ2v) is 8.65. The van der Waals surface area contributed by atoms with Gasteiger partial charge in [0.05, 0.1) is 0 Å². The normalized spacial score (nSPS) is 30.8. The van der Waals surface area contributed by atoms with E-state index in [4.69, 9.17) is 9.47 Å². The second-order valence-electron chi connectivity index (χ2n) is 8.65. The number of Topliss-reactive ketones (excluding diaryl/α,β-unsaturated/α-hetero) is 2. The van der Waals surface area contributed by atoms with Crippen molar-refractivity contribution in [2.24, 2.45) is 23.2 Å². The lowest BCUT2D eigenvalue weighted by molar-refractivity contribution is -0.158. The summed E-state index contributed by atoms with van der Waals surface area (Å²) in [5, 5.41) is 0. The number of benzene rings is 1. The number of hydrogen-bond acceptors (Lipinski definition) is 5. The molecule has 0 amide bonds. The SMILES string of the molecule is CC(=O)c1cccc(OCC(=O)OCC(=O)C23CC4CC(CC(C4)C2)C3)c1. The molecule has 0 radical (unpaired) electrons. The van der Waals surface area contributed by atoms with Crippen LogP contribution in [0.15, 0.2) is 24.3 Å². The number of rotatable bonds is 7. The molecule has 0 atom stereocenters. The highest BCUT2D eigenvalue weighted by atomic mass is 16.6. The van der Waals surface area contributed by atoms with Crippen molar-refractivity contribution in [3.8, 4) is 5.75 Å². The molecule has 0 N–H and O–H groups in total. The number of ketones is 2. The summed E-state index contributed by atoms with van der Waals surface area (Å²) in [6.45, 7) is 1.06. The van der Waals surface area contributed by atoms with Crippen molar-refractivity contribution < 1.29 is 23.9 Å². The Hall–Kier alpha value is -2.17. The Balaban J connectivity index is 1.28. The van der Waals surface area contributed by atoms with Crippen LogP contribution >= 0.6 is 0 Å². The van der Waals surface area contributed by atoms with Crippen LogP contribution in [0.1, 0.15) is 55.8 Å². The summed E-state index contributed by atoms with van der Waals surface area (Å²) in [7, 11) is 0. The van der Waals surface area contributed by atoms with Crippen LogP contribution in [0.5, 0.6) is 5.75 Å². The first-order chi connectivity index (χ1) is 12.9. The van der Waals surface area contributed by atoms with Crippen molar-refractivity contribution in [3.05, 3.63) is 29.8 Å². The van der Waals surface area contributed by atoms with Gasteiger partial charge >= 0.3 is 5.97 Å². The van der Waals surface area contributed by atoms with Crippen LogP contribution in [-0.2, 0) is 14.3 Å². The van der Waals surface area contributed by atoms with Crippen LogP contribution in [0.4, 0.5) is 0 Å². The van der Waals surface area contributed by atoms with Gasteiger partial charge in [-0.1, -0.05) is 12.1 Å². The maximum atomic E-state index is 12.8. The molecule has 4 saturated carbocycles. The largest absolute Gasteiger partial charge is 0.482 e. The maximum Gasteiger partial charge on any atom is 0.344 e. The maximum absolute atomic E-state index is 12.8. The van der Waals surface area contributed by atoms with Crippen LogP contribution in [0, 0.1) is 23.2 Å². The Morgan fingerprint density at radius 2 is 1.63 bits per heavy atom. The van der Waals surface area contributed by atoms with E-state index in [2.05, 4.69) is 0 Å². The van der Waals surface area contributed by atoms with Crippen LogP contribution in [0.3, 0.4) is 0 Å². The summed E-state index contributed by atoms with van der Waals surface area (Å²) in [5.41, 5.74) is 0.281. The number of esters is 1. The molecule has 5 rings (SSSR count). The zero-order valence-corrected chi connectivity index (χ0v) is 15.7. The number of hydrogen-bond donors (Lipinski definition) is 0. The van der Waals surface area contributed by atoms with Crippen molar-refractivity contribution in [3.63, 3.8) is 0 Å². The summed E-state index contributed by atoms with van der Waals surface area (Å²) in [4.78, 5) is 36.2. The average molecular weight is 370 g/mol. The zero-order valence-electron chi connectivity index (χ0n) is 15.7. The highest BCUT2D eigenvalue weighted by molar-refractivity contribution is 5.94. The minimum atomic E-state index is -0.554. The second kappa shape index (κ2) is 7.10. The van der Waals surface area contributed by atoms with E-state index in [1.807, 2.05) is 0 Å². The zero-order chi connectivity index (χ0) is 19.0. The summed E-state index contributed by atoms with van der Waals surface area (Å²) >= 11 is 0. The average Bonchev–Trinajstić information content (AvgIpc) is 2.63. The van der Waals surface area contributed by atoms with E-state index in [0.29, 0.717) is 29.1 Å². The molecule has 1 aromatic rings. The van der Waals surface area contributed by atoms with Crippen LogP contribution < -0.4 is 4.74 Å². The van der Waals surface area contributed by atoms with E-state index in [9.17, 15) is 14.4 Å². The van der Waals surface area contributed by atoms with Crippen molar-refractivity contribution in [1.82, 2.24) is 0 Å². The Morgan fingerprint density at radius 3 is 2.22 bits per heavy atom. The minimum Gasteiger partial charge on any atom is -0.482 e. The molecule has 144 valence electrons.